The van der Waals surface area contributed by atoms with Crippen molar-refractivity contribution in [3.63, 3.8) is 0 Å². The second-order valence-electron chi connectivity index (χ2n) is 3.44. The summed E-state index contributed by atoms with van der Waals surface area (Å²) in [5.74, 6) is 5.76. The van der Waals surface area contributed by atoms with Crippen LogP contribution in [0.1, 0.15) is 5.56 Å². The monoisotopic (exact) mass is 234 g/mol. The molecular formula is C11H11ClN4. The van der Waals surface area contributed by atoms with E-state index in [-0.39, 0.29) is 0 Å². The van der Waals surface area contributed by atoms with Crippen molar-refractivity contribution in [2.45, 2.75) is 6.92 Å². The Morgan fingerprint density at radius 2 is 1.88 bits per heavy atom. The van der Waals surface area contributed by atoms with Gasteiger partial charge in [0.25, 0.3) is 0 Å². The van der Waals surface area contributed by atoms with Crippen LogP contribution in [-0.4, -0.2) is 10.2 Å². The molecule has 0 aliphatic carbocycles. The van der Waals surface area contributed by atoms with Crippen molar-refractivity contribution < 1.29 is 0 Å². The predicted molar refractivity (Wildman–Crippen MR) is 65.0 cm³/mol. The van der Waals surface area contributed by atoms with Gasteiger partial charge in [-0.3, -0.25) is 0 Å². The molecule has 5 heteroatoms. The zero-order chi connectivity index (χ0) is 11.5. The van der Waals surface area contributed by atoms with E-state index < -0.39 is 0 Å². The van der Waals surface area contributed by atoms with Crippen molar-refractivity contribution in [3.05, 3.63) is 41.0 Å². The lowest BCUT2D eigenvalue weighted by atomic mass is 10.1. The third-order valence-corrected chi connectivity index (χ3v) is 2.54. The van der Waals surface area contributed by atoms with Gasteiger partial charge in [-0.2, -0.15) is 0 Å². The first kappa shape index (κ1) is 10.9. The van der Waals surface area contributed by atoms with Crippen molar-refractivity contribution in [1.29, 1.82) is 0 Å². The minimum atomic E-state index is 0.364. The van der Waals surface area contributed by atoms with Crippen LogP contribution in [0.5, 0.6) is 0 Å². The molecule has 0 saturated heterocycles. The Kier molecular flexibility index (Phi) is 3.03. The number of hydrazine groups is 1. The van der Waals surface area contributed by atoms with E-state index in [4.69, 9.17) is 17.4 Å². The summed E-state index contributed by atoms with van der Waals surface area (Å²) < 4.78 is 0. The fourth-order valence-electron chi connectivity index (χ4n) is 1.38. The van der Waals surface area contributed by atoms with Gasteiger partial charge in [-0.05, 0) is 18.6 Å². The molecule has 2 rings (SSSR count). The van der Waals surface area contributed by atoms with Gasteiger partial charge >= 0.3 is 0 Å². The molecule has 0 aliphatic heterocycles. The van der Waals surface area contributed by atoms with E-state index in [0.717, 1.165) is 11.1 Å². The average Bonchev–Trinajstić information content (AvgIpc) is 2.31. The molecule has 3 N–H and O–H groups in total. The Morgan fingerprint density at radius 1 is 1.19 bits per heavy atom. The molecule has 0 radical (unpaired) electrons. The molecule has 1 aromatic carbocycles. The molecule has 0 spiro atoms. The maximum atomic E-state index is 5.99. The average molecular weight is 235 g/mol. The van der Waals surface area contributed by atoms with Gasteiger partial charge in [0.05, 0.1) is 0 Å². The number of benzene rings is 1. The van der Waals surface area contributed by atoms with Crippen LogP contribution in [0.3, 0.4) is 0 Å². The van der Waals surface area contributed by atoms with Crippen molar-refractivity contribution in [2.75, 3.05) is 5.43 Å². The van der Waals surface area contributed by atoms with E-state index in [2.05, 4.69) is 15.6 Å². The third-order valence-electron chi connectivity index (χ3n) is 2.26. The topological polar surface area (TPSA) is 63.8 Å². The van der Waals surface area contributed by atoms with E-state index in [1.54, 1.807) is 6.07 Å². The highest BCUT2D eigenvalue weighted by molar-refractivity contribution is 6.32. The number of anilines is 1. The van der Waals surface area contributed by atoms with E-state index in [0.29, 0.717) is 11.0 Å². The summed E-state index contributed by atoms with van der Waals surface area (Å²) >= 11 is 5.99. The van der Waals surface area contributed by atoms with E-state index in [1.165, 1.54) is 5.56 Å². The summed E-state index contributed by atoms with van der Waals surface area (Å²) in [7, 11) is 0. The highest BCUT2D eigenvalue weighted by Crippen LogP contribution is 2.27. The van der Waals surface area contributed by atoms with Crippen LogP contribution in [0.2, 0.25) is 5.15 Å². The Bertz CT molecular complexity index is 496. The van der Waals surface area contributed by atoms with Crippen molar-refractivity contribution in [2.24, 2.45) is 5.84 Å². The van der Waals surface area contributed by atoms with Gasteiger partial charge < -0.3 is 5.43 Å². The molecule has 4 nitrogen and oxygen atoms in total. The fraction of sp³-hybridized carbons (Fsp3) is 0.0909. The standard InChI is InChI=1S/C11H11ClN4/c1-7-2-4-8(5-3-7)9-6-10(14-13)15-16-11(9)12/h2-6H,13H2,1H3,(H,14,15). The fourth-order valence-corrected chi connectivity index (χ4v) is 1.58. The predicted octanol–water partition coefficient (Wildman–Crippen LogP) is 2.39. The summed E-state index contributed by atoms with van der Waals surface area (Å²) in [6.45, 7) is 2.03. The number of hydrogen-bond acceptors (Lipinski definition) is 4. The molecule has 16 heavy (non-hydrogen) atoms. The number of nitrogen functional groups attached to an aromatic ring is 1. The van der Waals surface area contributed by atoms with Crippen molar-refractivity contribution >= 4 is 17.4 Å². The lowest BCUT2D eigenvalue weighted by Crippen LogP contribution is -2.09. The van der Waals surface area contributed by atoms with Gasteiger partial charge in [0, 0.05) is 5.56 Å². The number of halogens is 1. The van der Waals surface area contributed by atoms with E-state index in [9.17, 15) is 0 Å². The quantitative estimate of drug-likeness (QED) is 0.619. The van der Waals surface area contributed by atoms with Crippen LogP contribution in [0, 0.1) is 6.92 Å². The number of nitrogens with zero attached hydrogens (tertiary/aromatic N) is 2. The van der Waals surface area contributed by atoms with Crippen LogP contribution in [0.15, 0.2) is 30.3 Å². The molecular weight excluding hydrogens is 224 g/mol. The SMILES string of the molecule is Cc1ccc(-c2cc(NN)nnc2Cl)cc1. The number of aryl methyl sites for hydroxylation is 1. The lowest BCUT2D eigenvalue weighted by molar-refractivity contribution is 1.02. The molecule has 82 valence electrons. The molecule has 0 bridgehead atoms. The second kappa shape index (κ2) is 4.47. The Morgan fingerprint density at radius 3 is 2.50 bits per heavy atom. The summed E-state index contributed by atoms with van der Waals surface area (Å²) in [6, 6.07) is 9.76. The summed E-state index contributed by atoms with van der Waals surface area (Å²) in [5, 5.41) is 7.97. The summed E-state index contributed by atoms with van der Waals surface area (Å²) in [5.41, 5.74) is 5.43. The number of aromatic nitrogens is 2. The first-order valence-electron chi connectivity index (χ1n) is 4.77. The smallest absolute Gasteiger partial charge is 0.163 e. The molecule has 0 atom stereocenters. The molecule has 0 amide bonds. The summed E-state index contributed by atoms with van der Waals surface area (Å²) in [4.78, 5) is 0. The first-order chi connectivity index (χ1) is 7.70. The number of nitrogens with one attached hydrogen (secondary N) is 1. The van der Waals surface area contributed by atoms with Crippen LogP contribution in [0.4, 0.5) is 5.82 Å². The molecule has 2 aromatic rings. The van der Waals surface area contributed by atoms with Gasteiger partial charge in [0.2, 0.25) is 0 Å². The number of nitrogens with two attached hydrogens (primary N) is 1. The first-order valence-corrected chi connectivity index (χ1v) is 5.15. The maximum Gasteiger partial charge on any atom is 0.163 e. The zero-order valence-electron chi connectivity index (χ0n) is 8.74. The molecule has 0 unspecified atom stereocenters. The summed E-state index contributed by atoms with van der Waals surface area (Å²) in [6.07, 6.45) is 0. The molecule has 0 aliphatic rings. The van der Waals surface area contributed by atoms with Gasteiger partial charge in [0.1, 0.15) is 0 Å². The van der Waals surface area contributed by atoms with Gasteiger partial charge in [0.15, 0.2) is 11.0 Å². The third kappa shape index (κ3) is 2.13. The maximum absolute atomic E-state index is 5.99. The van der Waals surface area contributed by atoms with Crippen molar-refractivity contribution in [3.8, 4) is 11.1 Å². The Labute approximate surface area is 98.4 Å². The molecule has 1 heterocycles. The highest BCUT2D eigenvalue weighted by Gasteiger charge is 2.06. The van der Waals surface area contributed by atoms with Gasteiger partial charge in [-0.1, -0.05) is 41.4 Å². The van der Waals surface area contributed by atoms with Crippen molar-refractivity contribution in [1.82, 2.24) is 10.2 Å². The highest BCUT2D eigenvalue weighted by atomic mass is 35.5. The van der Waals surface area contributed by atoms with E-state index >= 15 is 0 Å². The Balaban J connectivity index is 2.50. The molecule has 0 fully saturated rings. The lowest BCUT2D eigenvalue weighted by Gasteiger charge is -2.05. The number of rotatable bonds is 2. The van der Waals surface area contributed by atoms with Crippen LogP contribution in [0.25, 0.3) is 11.1 Å². The van der Waals surface area contributed by atoms with Crippen LogP contribution in [-0.2, 0) is 0 Å². The Hall–Kier alpha value is -1.65. The normalized spacial score (nSPS) is 10.2. The largest absolute Gasteiger partial charge is 0.307 e. The zero-order valence-corrected chi connectivity index (χ0v) is 9.49. The van der Waals surface area contributed by atoms with Crippen LogP contribution >= 0.6 is 11.6 Å². The molecule has 0 saturated carbocycles. The number of hydrogen-bond donors (Lipinski definition) is 2. The van der Waals surface area contributed by atoms with Gasteiger partial charge in [-0.25, -0.2) is 5.84 Å². The minimum Gasteiger partial charge on any atom is -0.307 e. The van der Waals surface area contributed by atoms with Gasteiger partial charge in [-0.15, -0.1) is 10.2 Å². The van der Waals surface area contributed by atoms with Crippen LogP contribution < -0.4 is 11.3 Å². The van der Waals surface area contributed by atoms with E-state index in [1.807, 2.05) is 31.2 Å². The minimum absolute atomic E-state index is 0.364. The second-order valence-corrected chi connectivity index (χ2v) is 3.80. The molecule has 1 aromatic heterocycles.